The normalized spacial score (nSPS) is 15.4. The van der Waals surface area contributed by atoms with Crippen LogP contribution in [-0.4, -0.2) is 33.8 Å². The average molecular weight is 494 g/mol. The molecule has 5 rings (SSSR count). The smallest absolute Gasteiger partial charge is 0.419 e. The molecule has 1 amide bonds. The largest absolute Gasteiger partial charge is 0.467 e. The van der Waals surface area contributed by atoms with E-state index in [9.17, 15) is 14.4 Å². The van der Waals surface area contributed by atoms with E-state index < -0.39 is 30.3 Å². The average Bonchev–Trinajstić information content (AvgIpc) is 3.60. The van der Waals surface area contributed by atoms with Gasteiger partial charge in [0, 0.05) is 18.0 Å². The van der Waals surface area contributed by atoms with Crippen LogP contribution in [0.25, 0.3) is 11.1 Å². The first-order chi connectivity index (χ1) is 17.0. The van der Waals surface area contributed by atoms with Crippen LogP contribution >= 0.6 is 11.6 Å². The molecule has 2 aromatic heterocycles. The first kappa shape index (κ1) is 22.7. The molecule has 0 fully saturated rings. The highest BCUT2D eigenvalue weighted by molar-refractivity contribution is 6.30. The minimum Gasteiger partial charge on any atom is -0.467 e. The zero-order valence-corrected chi connectivity index (χ0v) is 19.2. The Hall–Kier alpha value is -4.11. The Bertz CT molecular complexity index is 1450. The Kier molecular flexibility index (Phi) is 6.24. The fraction of sp³-hybridized carbons (Fsp3) is 0.200. The molecule has 0 N–H and O–H groups in total. The Labute approximate surface area is 204 Å². The first-order valence-corrected chi connectivity index (χ1v) is 11.3. The molecule has 0 aliphatic carbocycles. The molecule has 3 heterocycles. The molecule has 9 nitrogen and oxygen atoms in total. The number of rotatable bonds is 7. The van der Waals surface area contributed by atoms with Crippen molar-refractivity contribution < 1.29 is 23.2 Å². The second-order valence-electron chi connectivity index (χ2n) is 7.93. The molecule has 0 saturated carbocycles. The number of hydrazone groups is 1. The van der Waals surface area contributed by atoms with Gasteiger partial charge in [-0.1, -0.05) is 35.9 Å². The van der Waals surface area contributed by atoms with Gasteiger partial charge in [0.15, 0.2) is 12.2 Å². The maximum Gasteiger partial charge on any atom is 0.419 e. The van der Waals surface area contributed by atoms with Gasteiger partial charge in [-0.3, -0.25) is 14.2 Å². The summed E-state index contributed by atoms with van der Waals surface area (Å²) in [5.74, 6) is -1.10. The molecule has 4 aromatic rings. The molecular formula is C25H20ClN3O6. The third-order valence-electron chi connectivity index (χ3n) is 5.68. The SMILES string of the molecule is O=C(CCn1c(=O)oc2ccccc21)OCC(=O)N1N=C(c2ccc(Cl)cc2)C[C@H]1c1ccco1. The van der Waals surface area contributed by atoms with Crippen molar-refractivity contribution in [1.29, 1.82) is 0 Å². The Morgan fingerprint density at radius 1 is 1.09 bits per heavy atom. The number of benzene rings is 2. The molecular weight excluding hydrogens is 474 g/mol. The van der Waals surface area contributed by atoms with Crippen LogP contribution in [0.2, 0.25) is 5.02 Å². The number of hydrogen-bond acceptors (Lipinski definition) is 7. The molecule has 0 unspecified atom stereocenters. The van der Waals surface area contributed by atoms with Crippen molar-refractivity contribution in [2.24, 2.45) is 5.10 Å². The van der Waals surface area contributed by atoms with Gasteiger partial charge in [-0.05, 0) is 42.0 Å². The Morgan fingerprint density at radius 3 is 2.66 bits per heavy atom. The van der Waals surface area contributed by atoms with Gasteiger partial charge in [0.2, 0.25) is 0 Å². The fourth-order valence-electron chi connectivity index (χ4n) is 3.97. The maximum atomic E-state index is 13.0. The van der Waals surface area contributed by atoms with E-state index in [4.69, 9.17) is 25.2 Å². The summed E-state index contributed by atoms with van der Waals surface area (Å²) in [6.45, 7) is -0.422. The van der Waals surface area contributed by atoms with E-state index in [1.54, 1.807) is 48.5 Å². The van der Waals surface area contributed by atoms with Crippen molar-refractivity contribution in [2.45, 2.75) is 25.4 Å². The summed E-state index contributed by atoms with van der Waals surface area (Å²) in [7, 11) is 0. The molecule has 0 bridgehead atoms. The van der Waals surface area contributed by atoms with Gasteiger partial charge >= 0.3 is 11.7 Å². The van der Waals surface area contributed by atoms with Crippen LogP contribution < -0.4 is 5.76 Å². The minimum absolute atomic E-state index is 0.0699. The second-order valence-corrected chi connectivity index (χ2v) is 8.36. The molecule has 1 aliphatic rings. The summed E-state index contributed by atoms with van der Waals surface area (Å²) in [5, 5.41) is 6.36. The van der Waals surface area contributed by atoms with Crippen LogP contribution in [0.3, 0.4) is 0 Å². The van der Waals surface area contributed by atoms with Gasteiger partial charge < -0.3 is 13.6 Å². The standard InChI is InChI=1S/C25H20ClN3O6/c26-17-9-7-16(8-10-17)18-14-20(21-6-3-13-33-21)29(27-18)23(30)15-34-24(31)11-12-28-19-4-1-2-5-22(19)35-25(28)32/h1-10,13,20H,11-12,14-15H2/t20-/m0/s1. The molecule has 35 heavy (non-hydrogen) atoms. The van der Waals surface area contributed by atoms with E-state index in [2.05, 4.69) is 5.10 Å². The molecule has 1 atom stereocenters. The first-order valence-electron chi connectivity index (χ1n) is 10.9. The van der Waals surface area contributed by atoms with Gasteiger partial charge in [-0.25, -0.2) is 9.80 Å². The number of hydrogen-bond donors (Lipinski definition) is 0. The van der Waals surface area contributed by atoms with Gasteiger partial charge in [-0.15, -0.1) is 0 Å². The van der Waals surface area contributed by atoms with Gasteiger partial charge in [0.25, 0.3) is 5.91 Å². The summed E-state index contributed by atoms with van der Waals surface area (Å²) < 4.78 is 17.2. The van der Waals surface area contributed by atoms with Gasteiger partial charge in [-0.2, -0.15) is 5.10 Å². The molecule has 10 heteroatoms. The van der Waals surface area contributed by atoms with Crippen LogP contribution in [0.15, 0.2) is 85.7 Å². The highest BCUT2D eigenvalue weighted by Crippen LogP contribution is 2.33. The number of aryl methyl sites for hydroxylation is 1. The fourth-order valence-corrected chi connectivity index (χ4v) is 4.09. The third kappa shape index (κ3) is 4.76. The second kappa shape index (κ2) is 9.63. The number of halogens is 1. The van der Waals surface area contributed by atoms with E-state index in [-0.39, 0.29) is 13.0 Å². The Balaban J connectivity index is 1.24. The lowest BCUT2D eigenvalue weighted by molar-refractivity contribution is -0.153. The van der Waals surface area contributed by atoms with Crippen molar-refractivity contribution in [2.75, 3.05) is 6.61 Å². The van der Waals surface area contributed by atoms with Crippen LogP contribution in [0.4, 0.5) is 0 Å². The van der Waals surface area contributed by atoms with Crippen molar-refractivity contribution in [3.05, 3.63) is 93.8 Å². The van der Waals surface area contributed by atoms with Crippen LogP contribution in [0, 0.1) is 0 Å². The lowest BCUT2D eigenvalue weighted by Crippen LogP contribution is -2.31. The number of amides is 1. The molecule has 2 aromatic carbocycles. The molecule has 0 saturated heterocycles. The quantitative estimate of drug-likeness (QED) is 0.358. The van der Waals surface area contributed by atoms with E-state index in [1.807, 2.05) is 12.1 Å². The molecule has 1 aliphatic heterocycles. The van der Waals surface area contributed by atoms with E-state index >= 15 is 0 Å². The monoisotopic (exact) mass is 493 g/mol. The summed E-state index contributed by atoms with van der Waals surface area (Å²) >= 11 is 5.98. The Morgan fingerprint density at radius 2 is 1.89 bits per heavy atom. The van der Waals surface area contributed by atoms with Crippen LogP contribution in [0.5, 0.6) is 0 Å². The minimum atomic E-state index is -0.619. The zero-order chi connectivity index (χ0) is 24.4. The zero-order valence-electron chi connectivity index (χ0n) is 18.4. The summed E-state index contributed by atoms with van der Waals surface area (Å²) in [5.41, 5.74) is 2.54. The summed E-state index contributed by atoms with van der Waals surface area (Å²) in [6.07, 6.45) is 1.86. The van der Waals surface area contributed by atoms with Crippen LogP contribution in [-0.2, 0) is 20.9 Å². The maximum absolute atomic E-state index is 13.0. The number of nitrogens with zero attached hydrogens (tertiary/aromatic N) is 3. The number of oxazole rings is 1. The number of esters is 1. The predicted molar refractivity (Wildman–Crippen MR) is 127 cm³/mol. The van der Waals surface area contributed by atoms with Crippen LogP contribution in [0.1, 0.15) is 30.2 Å². The number of furan rings is 1. The van der Waals surface area contributed by atoms with Gasteiger partial charge in [0.05, 0.1) is 23.9 Å². The van der Waals surface area contributed by atoms with Gasteiger partial charge in [0.1, 0.15) is 11.8 Å². The third-order valence-corrected chi connectivity index (χ3v) is 5.94. The van der Waals surface area contributed by atoms with E-state index in [0.29, 0.717) is 34.0 Å². The molecule has 0 radical (unpaired) electrons. The van der Waals surface area contributed by atoms with Crippen molar-refractivity contribution in [1.82, 2.24) is 9.58 Å². The van der Waals surface area contributed by atoms with E-state index in [0.717, 1.165) is 5.56 Å². The summed E-state index contributed by atoms with van der Waals surface area (Å²) in [4.78, 5) is 37.3. The topological polar surface area (TPSA) is 107 Å². The molecule has 0 spiro atoms. The van der Waals surface area contributed by atoms with Crippen molar-refractivity contribution >= 4 is 40.3 Å². The lowest BCUT2D eigenvalue weighted by Gasteiger charge is -2.19. The number of aromatic nitrogens is 1. The molecule has 178 valence electrons. The highest BCUT2D eigenvalue weighted by atomic mass is 35.5. The summed E-state index contributed by atoms with van der Waals surface area (Å²) in [6, 6.07) is 17.1. The number of carbonyl (C=O) groups excluding carboxylic acids is 2. The van der Waals surface area contributed by atoms with Crippen molar-refractivity contribution in [3.63, 3.8) is 0 Å². The van der Waals surface area contributed by atoms with Crippen molar-refractivity contribution in [3.8, 4) is 0 Å². The lowest BCUT2D eigenvalue weighted by atomic mass is 10.0. The number of carbonyl (C=O) groups is 2. The highest BCUT2D eigenvalue weighted by Gasteiger charge is 2.35. The van der Waals surface area contributed by atoms with E-state index in [1.165, 1.54) is 15.8 Å². The predicted octanol–water partition coefficient (Wildman–Crippen LogP) is 4.15. The number of fused-ring (bicyclic) bond motifs is 1. The number of para-hydroxylation sites is 2. The number of ether oxygens (including phenoxy) is 1.